The lowest BCUT2D eigenvalue weighted by Gasteiger charge is -2.15. The smallest absolute Gasteiger partial charge is 0.227 e. The van der Waals surface area contributed by atoms with E-state index in [1.807, 2.05) is 13.1 Å². The van der Waals surface area contributed by atoms with E-state index in [1.165, 1.54) is 6.07 Å². The van der Waals surface area contributed by atoms with E-state index in [2.05, 4.69) is 20.6 Å². The second-order valence-electron chi connectivity index (χ2n) is 6.68. The van der Waals surface area contributed by atoms with Gasteiger partial charge < -0.3 is 15.7 Å². The lowest BCUT2D eigenvalue weighted by atomic mass is 10.00. The summed E-state index contributed by atoms with van der Waals surface area (Å²) in [5, 5.41) is 16.4. The van der Waals surface area contributed by atoms with Crippen molar-refractivity contribution in [3.8, 4) is 10.6 Å². The molecule has 140 valence electrons. The fourth-order valence-electron chi connectivity index (χ4n) is 2.98. The summed E-state index contributed by atoms with van der Waals surface area (Å²) >= 11 is 1.54. The third-order valence-electron chi connectivity index (χ3n) is 4.47. The van der Waals surface area contributed by atoms with Crippen LogP contribution in [0.1, 0.15) is 23.7 Å². The first kappa shape index (κ1) is 17.8. The van der Waals surface area contributed by atoms with E-state index in [1.54, 1.807) is 30.4 Å². The topological polar surface area (TPSA) is 83.0 Å². The van der Waals surface area contributed by atoms with Crippen molar-refractivity contribution < 1.29 is 9.50 Å². The van der Waals surface area contributed by atoms with Gasteiger partial charge in [-0.15, -0.1) is 0 Å². The zero-order chi connectivity index (χ0) is 19.0. The Morgan fingerprint density at radius 1 is 1.30 bits per heavy atom. The van der Waals surface area contributed by atoms with Crippen LogP contribution < -0.4 is 10.6 Å². The van der Waals surface area contributed by atoms with Crippen molar-refractivity contribution in [1.29, 1.82) is 0 Å². The molecule has 8 heteroatoms. The highest BCUT2D eigenvalue weighted by molar-refractivity contribution is 7.19. The van der Waals surface area contributed by atoms with E-state index in [0.717, 1.165) is 45.5 Å². The van der Waals surface area contributed by atoms with Crippen LogP contribution in [0.25, 0.3) is 10.6 Å². The number of nitrogens with zero attached hydrogens (tertiary/aromatic N) is 3. The summed E-state index contributed by atoms with van der Waals surface area (Å²) in [7, 11) is 0. The van der Waals surface area contributed by atoms with Crippen molar-refractivity contribution in [2.45, 2.75) is 32.7 Å². The second kappa shape index (κ2) is 7.21. The van der Waals surface area contributed by atoms with Crippen molar-refractivity contribution >= 4 is 28.1 Å². The first-order chi connectivity index (χ1) is 13.0. The molecular formula is C19H20FN5OS. The average Bonchev–Trinajstić information content (AvgIpc) is 3.07. The highest BCUT2D eigenvalue weighted by atomic mass is 32.1. The van der Waals surface area contributed by atoms with Gasteiger partial charge in [-0.05, 0) is 56.0 Å². The Bertz CT molecular complexity index is 990. The number of halogens is 1. The molecule has 0 spiro atoms. The molecule has 2 aromatic heterocycles. The van der Waals surface area contributed by atoms with Crippen LogP contribution >= 0.6 is 11.3 Å². The Hall–Kier alpha value is -2.58. The van der Waals surface area contributed by atoms with Gasteiger partial charge in [0.2, 0.25) is 5.95 Å². The van der Waals surface area contributed by atoms with Crippen LogP contribution in [0.15, 0.2) is 24.4 Å². The lowest BCUT2D eigenvalue weighted by Crippen LogP contribution is -2.19. The number of hydrogen-bond donors (Lipinski definition) is 3. The predicted octanol–water partition coefficient (Wildman–Crippen LogP) is 3.68. The molecule has 0 amide bonds. The number of aliphatic hydroxyl groups is 1. The van der Waals surface area contributed by atoms with E-state index in [-0.39, 0.29) is 18.5 Å². The summed E-state index contributed by atoms with van der Waals surface area (Å²) in [6.07, 6.45) is 3.53. The number of benzene rings is 1. The zero-order valence-corrected chi connectivity index (χ0v) is 15.9. The van der Waals surface area contributed by atoms with Gasteiger partial charge >= 0.3 is 0 Å². The Kier molecular flexibility index (Phi) is 4.75. The van der Waals surface area contributed by atoms with Gasteiger partial charge in [0.25, 0.3) is 0 Å². The fourth-order valence-corrected chi connectivity index (χ4v) is 4.12. The van der Waals surface area contributed by atoms with E-state index < -0.39 is 0 Å². The van der Waals surface area contributed by atoms with Gasteiger partial charge in [0.05, 0.1) is 22.9 Å². The molecule has 6 nitrogen and oxygen atoms in total. The molecule has 27 heavy (non-hydrogen) atoms. The SMILES string of the molecule is Cc1cc(Nc2ncc3c(n2)-c2sc(NC(C)CO)nc2CC3)ccc1F. The molecule has 0 radical (unpaired) electrons. The molecule has 1 aliphatic carbocycles. The molecule has 0 saturated heterocycles. The summed E-state index contributed by atoms with van der Waals surface area (Å²) in [5.74, 6) is 0.234. The van der Waals surface area contributed by atoms with E-state index >= 15 is 0 Å². The van der Waals surface area contributed by atoms with Crippen molar-refractivity contribution in [3.05, 3.63) is 47.0 Å². The zero-order valence-electron chi connectivity index (χ0n) is 15.1. The van der Waals surface area contributed by atoms with Crippen molar-refractivity contribution in [1.82, 2.24) is 15.0 Å². The normalized spacial score (nSPS) is 13.6. The molecule has 3 aromatic rings. The summed E-state index contributed by atoms with van der Waals surface area (Å²) < 4.78 is 13.5. The minimum Gasteiger partial charge on any atom is -0.394 e. The van der Waals surface area contributed by atoms with Crippen LogP contribution in [0.4, 0.5) is 21.2 Å². The number of aryl methyl sites for hydroxylation is 3. The molecule has 0 fully saturated rings. The quantitative estimate of drug-likeness (QED) is 0.621. The lowest BCUT2D eigenvalue weighted by molar-refractivity contribution is 0.281. The Labute approximate surface area is 160 Å². The molecule has 0 aliphatic heterocycles. The van der Waals surface area contributed by atoms with E-state index in [9.17, 15) is 9.50 Å². The minimum atomic E-state index is -0.238. The molecule has 1 aliphatic rings. The second-order valence-corrected chi connectivity index (χ2v) is 7.68. The predicted molar refractivity (Wildman–Crippen MR) is 105 cm³/mol. The molecule has 1 atom stereocenters. The van der Waals surface area contributed by atoms with Gasteiger partial charge in [0.1, 0.15) is 5.82 Å². The van der Waals surface area contributed by atoms with Gasteiger partial charge in [-0.25, -0.2) is 19.3 Å². The number of anilines is 3. The van der Waals surface area contributed by atoms with Gasteiger partial charge in [0.15, 0.2) is 5.13 Å². The van der Waals surface area contributed by atoms with Crippen molar-refractivity contribution in [3.63, 3.8) is 0 Å². The van der Waals surface area contributed by atoms with Crippen LogP contribution in [-0.2, 0) is 12.8 Å². The summed E-state index contributed by atoms with van der Waals surface area (Å²) in [6.45, 7) is 3.68. The van der Waals surface area contributed by atoms with Gasteiger partial charge in [-0.2, -0.15) is 0 Å². The number of aromatic nitrogens is 3. The number of thiazole rings is 1. The van der Waals surface area contributed by atoms with E-state index in [4.69, 9.17) is 4.98 Å². The summed E-state index contributed by atoms with van der Waals surface area (Å²) in [5.41, 5.74) is 4.30. The minimum absolute atomic E-state index is 0.0498. The van der Waals surface area contributed by atoms with Crippen LogP contribution in [-0.4, -0.2) is 32.7 Å². The number of aliphatic hydroxyl groups excluding tert-OH is 1. The maximum absolute atomic E-state index is 13.5. The first-order valence-electron chi connectivity index (χ1n) is 8.80. The third kappa shape index (κ3) is 3.63. The number of fused-ring (bicyclic) bond motifs is 3. The molecule has 1 aromatic carbocycles. The Morgan fingerprint density at radius 3 is 2.93 bits per heavy atom. The Morgan fingerprint density at radius 2 is 2.15 bits per heavy atom. The number of rotatable bonds is 5. The van der Waals surface area contributed by atoms with Crippen LogP contribution in [0.5, 0.6) is 0 Å². The fraction of sp³-hybridized carbons (Fsp3) is 0.316. The highest BCUT2D eigenvalue weighted by Gasteiger charge is 2.23. The standard InChI is InChI=1S/C19H20FN5OS/c1-10-7-13(4-5-14(10)20)23-18-21-8-12-3-6-15-17(16(12)25-18)27-19(24-15)22-11(2)9-26/h4-5,7-8,11,26H,3,6,9H2,1-2H3,(H,22,24)(H,21,23,25). The molecule has 2 heterocycles. The van der Waals surface area contributed by atoms with Crippen molar-refractivity contribution in [2.75, 3.05) is 17.2 Å². The van der Waals surface area contributed by atoms with Gasteiger partial charge in [0, 0.05) is 17.9 Å². The summed E-state index contributed by atoms with van der Waals surface area (Å²) in [4.78, 5) is 14.8. The molecule has 4 rings (SSSR count). The molecule has 0 bridgehead atoms. The molecule has 3 N–H and O–H groups in total. The molecule has 0 saturated carbocycles. The number of nitrogens with one attached hydrogen (secondary N) is 2. The van der Waals surface area contributed by atoms with Gasteiger partial charge in [-0.3, -0.25) is 0 Å². The van der Waals surface area contributed by atoms with E-state index in [0.29, 0.717) is 11.5 Å². The largest absolute Gasteiger partial charge is 0.394 e. The van der Waals surface area contributed by atoms with Crippen LogP contribution in [0.3, 0.4) is 0 Å². The average molecular weight is 385 g/mol. The highest BCUT2D eigenvalue weighted by Crippen LogP contribution is 2.38. The maximum atomic E-state index is 13.5. The van der Waals surface area contributed by atoms with Crippen molar-refractivity contribution in [2.24, 2.45) is 0 Å². The third-order valence-corrected chi connectivity index (χ3v) is 5.50. The Balaban J connectivity index is 1.64. The maximum Gasteiger partial charge on any atom is 0.227 e. The molecular weight excluding hydrogens is 365 g/mol. The van der Waals surface area contributed by atoms with Crippen LogP contribution in [0.2, 0.25) is 0 Å². The monoisotopic (exact) mass is 385 g/mol. The van der Waals surface area contributed by atoms with Crippen LogP contribution in [0, 0.1) is 12.7 Å². The summed E-state index contributed by atoms with van der Waals surface area (Å²) in [6, 6.07) is 4.77. The number of hydrogen-bond acceptors (Lipinski definition) is 7. The van der Waals surface area contributed by atoms with Gasteiger partial charge in [-0.1, -0.05) is 11.3 Å². The molecule has 1 unspecified atom stereocenters. The first-order valence-corrected chi connectivity index (χ1v) is 9.61.